The van der Waals surface area contributed by atoms with Crippen molar-refractivity contribution >= 4 is 17.1 Å². The van der Waals surface area contributed by atoms with Crippen LogP contribution in [0.15, 0.2) is 42.7 Å². The first-order chi connectivity index (χ1) is 10.4. The Morgan fingerprint density at radius 1 is 1.19 bits per heavy atom. The zero-order valence-corrected chi connectivity index (χ0v) is 12.7. The first-order valence-corrected chi connectivity index (χ1v) is 7.93. The van der Waals surface area contributed by atoms with E-state index in [0.29, 0.717) is 0 Å². The van der Waals surface area contributed by atoms with Crippen LogP contribution in [0.2, 0.25) is 0 Å². The van der Waals surface area contributed by atoms with Gasteiger partial charge in [0.05, 0.1) is 23.8 Å². The quantitative estimate of drug-likeness (QED) is 0.901. The SMILES string of the molecule is CCCNc1cncc(N2CCCCc3ccccc32)c1. The Morgan fingerprint density at radius 3 is 3.00 bits per heavy atom. The predicted molar refractivity (Wildman–Crippen MR) is 89.4 cm³/mol. The second-order valence-corrected chi connectivity index (χ2v) is 5.60. The molecule has 0 fully saturated rings. The summed E-state index contributed by atoms with van der Waals surface area (Å²) in [6.07, 6.45) is 8.66. The van der Waals surface area contributed by atoms with Crippen LogP contribution >= 0.6 is 0 Å². The number of hydrogen-bond donors (Lipinski definition) is 1. The highest BCUT2D eigenvalue weighted by atomic mass is 15.1. The molecular weight excluding hydrogens is 258 g/mol. The number of benzene rings is 1. The van der Waals surface area contributed by atoms with E-state index < -0.39 is 0 Å². The van der Waals surface area contributed by atoms with Crippen LogP contribution in [0.5, 0.6) is 0 Å². The van der Waals surface area contributed by atoms with Crippen molar-refractivity contribution in [3.05, 3.63) is 48.3 Å². The van der Waals surface area contributed by atoms with E-state index in [2.05, 4.69) is 52.5 Å². The van der Waals surface area contributed by atoms with E-state index in [1.807, 2.05) is 12.4 Å². The lowest BCUT2D eigenvalue weighted by Gasteiger charge is -2.25. The van der Waals surface area contributed by atoms with E-state index in [4.69, 9.17) is 0 Å². The maximum Gasteiger partial charge on any atom is 0.0618 e. The molecule has 3 rings (SSSR count). The molecule has 0 saturated heterocycles. The van der Waals surface area contributed by atoms with Crippen LogP contribution in [0.3, 0.4) is 0 Å². The number of aryl methyl sites for hydroxylation is 1. The third-order valence-electron chi connectivity index (χ3n) is 3.97. The van der Waals surface area contributed by atoms with Crippen LogP contribution in [-0.2, 0) is 6.42 Å². The molecule has 3 nitrogen and oxygen atoms in total. The van der Waals surface area contributed by atoms with Crippen molar-refractivity contribution in [3.8, 4) is 0 Å². The Hall–Kier alpha value is -2.03. The average Bonchev–Trinajstić information content (AvgIpc) is 2.75. The molecule has 2 heterocycles. The van der Waals surface area contributed by atoms with Crippen LogP contribution in [0.25, 0.3) is 0 Å². The largest absolute Gasteiger partial charge is 0.384 e. The number of pyridine rings is 1. The molecule has 0 aliphatic carbocycles. The van der Waals surface area contributed by atoms with E-state index in [9.17, 15) is 0 Å². The van der Waals surface area contributed by atoms with Gasteiger partial charge >= 0.3 is 0 Å². The van der Waals surface area contributed by atoms with Crippen molar-refractivity contribution < 1.29 is 0 Å². The summed E-state index contributed by atoms with van der Waals surface area (Å²) in [5, 5.41) is 3.42. The summed E-state index contributed by atoms with van der Waals surface area (Å²) in [5.74, 6) is 0. The summed E-state index contributed by atoms with van der Waals surface area (Å²) in [6, 6.07) is 11.0. The van der Waals surface area contributed by atoms with Gasteiger partial charge in [-0.05, 0) is 43.4 Å². The van der Waals surface area contributed by atoms with Gasteiger partial charge in [-0.3, -0.25) is 4.98 Å². The fourth-order valence-corrected chi connectivity index (χ4v) is 2.90. The normalized spacial score (nSPS) is 14.4. The molecule has 0 amide bonds. The van der Waals surface area contributed by atoms with Crippen molar-refractivity contribution in [2.24, 2.45) is 0 Å². The van der Waals surface area contributed by atoms with Gasteiger partial charge in [-0.1, -0.05) is 25.1 Å². The number of rotatable bonds is 4. The van der Waals surface area contributed by atoms with Gasteiger partial charge in [-0.15, -0.1) is 0 Å². The van der Waals surface area contributed by atoms with Gasteiger partial charge < -0.3 is 10.2 Å². The highest BCUT2D eigenvalue weighted by molar-refractivity contribution is 5.69. The van der Waals surface area contributed by atoms with E-state index in [0.717, 1.165) is 25.2 Å². The lowest BCUT2D eigenvalue weighted by Crippen LogP contribution is -2.18. The molecule has 1 N–H and O–H groups in total. The zero-order chi connectivity index (χ0) is 14.5. The van der Waals surface area contributed by atoms with E-state index in [-0.39, 0.29) is 0 Å². The molecule has 1 aliphatic rings. The molecule has 1 aromatic carbocycles. The standard InChI is InChI=1S/C18H23N3/c1-2-10-20-16-12-17(14-19-13-16)21-11-6-5-8-15-7-3-4-9-18(15)21/h3-4,7,9,12-14,20H,2,5-6,8,10-11H2,1H3. The third-order valence-corrected chi connectivity index (χ3v) is 3.97. The Kier molecular flexibility index (Phi) is 4.39. The minimum atomic E-state index is 0.988. The van der Waals surface area contributed by atoms with Crippen LogP contribution in [0.1, 0.15) is 31.7 Å². The first-order valence-electron chi connectivity index (χ1n) is 7.93. The maximum atomic E-state index is 4.41. The summed E-state index contributed by atoms with van der Waals surface area (Å²) in [4.78, 5) is 6.82. The van der Waals surface area contributed by atoms with Crippen molar-refractivity contribution in [1.82, 2.24) is 4.98 Å². The molecule has 3 heteroatoms. The van der Waals surface area contributed by atoms with Crippen molar-refractivity contribution in [2.45, 2.75) is 32.6 Å². The molecule has 0 unspecified atom stereocenters. The van der Waals surface area contributed by atoms with Gasteiger partial charge in [-0.2, -0.15) is 0 Å². The van der Waals surface area contributed by atoms with Gasteiger partial charge in [-0.25, -0.2) is 0 Å². The van der Waals surface area contributed by atoms with Gasteiger partial charge in [0.2, 0.25) is 0 Å². The number of aromatic nitrogens is 1. The Morgan fingerprint density at radius 2 is 2.10 bits per heavy atom. The average molecular weight is 281 g/mol. The number of nitrogens with one attached hydrogen (secondary N) is 1. The van der Waals surface area contributed by atoms with Crippen LogP contribution in [-0.4, -0.2) is 18.1 Å². The predicted octanol–water partition coefficient (Wildman–Crippen LogP) is 4.38. The summed E-state index contributed by atoms with van der Waals surface area (Å²) in [5.41, 5.74) is 5.08. The fraction of sp³-hybridized carbons (Fsp3) is 0.389. The number of nitrogens with zero attached hydrogens (tertiary/aromatic N) is 2. The van der Waals surface area contributed by atoms with Crippen molar-refractivity contribution in [3.63, 3.8) is 0 Å². The number of para-hydroxylation sites is 1. The second kappa shape index (κ2) is 6.61. The molecule has 1 aliphatic heterocycles. The Bertz CT molecular complexity index is 595. The molecule has 2 aromatic rings. The Labute approximate surface area is 127 Å². The van der Waals surface area contributed by atoms with Crippen LogP contribution < -0.4 is 10.2 Å². The van der Waals surface area contributed by atoms with E-state index >= 15 is 0 Å². The van der Waals surface area contributed by atoms with Gasteiger partial charge in [0.1, 0.15) is 0 Å². The van der Waals surface area contributed by atoms with Gasteiger partial charge in [0, 0.05) is 18.8 Å². The van der Waals surface area contributed by atoms with Crippen molar-refractivity contribution in [1.29, 1.82) is 0 Å². The highest BCUT2D eigenvalue weighted by Gasteiger charge is 2.16. The summed E-state index contributed by atoms with van der Waals surface area (Å²) < 4.78 is 0. The zero-order valence-electron chi connectivity index (χ0n) is 12.7. The molecule has 0 atom stereocenters. The summed E-state index contributed by atoms with van der Waals surface area (Å²) in [6.45, 7) is 4.23. The molecule has 0 bridgehead atoms. The van der Waals surface area contributed by atoms with Crippen LogP contribution in [0, 0.1) is 0 Å². The number of hydrogen-bond acceptors (Lipinski definition) is 3. The second-order valence-electron chi connectivity index (χ2n) is 5.60. The Balaban J connectivity index is 1.92. The smallest absolute Gasteiger partial charge is 0.0618 e. The lowest BCUT2D eigenvalue weighted by atomic mass is 10.1. The fourth-order valence-electron chi connectivity index (χ4n) is 2.90. The summed E-state index contributed by atoms with van der Waals surface area (Å²) >= 11 is 0. The summed E-state index contributed by atoms with van der Waals surface area (Å²) in [7, 11) is 0. The molecule has 110 valence electrons. The van der Waals surface area contributed by atoms with Gasteiger partial charge in [0.25, 0.3) is 0 Å². The van der Waals surface area contributed by atoms with E-state index in [1.54, 1.807) is 0 Å². The molecule has 1 aromatic heterocycles. The topological polar surface area (TPSA) is 28.2 Å². The minimum Gasteiger partial charge on any atom is -0.384 e. The number of fused-ring (bicyclic) bond motifs is 1. The monoisotopic (exact) mass is 281 g/mol. The number of anilines is 3. The third kappa shape index (κ3) is 3.18. The molecule has 0 spiro atoms. The highest BCUT2D eigenvalue weighted by Crippen LogP contribution is 2.33. The molecule has 21 heavy (non-hydrogen) atoms. The minimum absolute atomic E-state index is 0.988. The molecular formula is C18H23N3. The van der Waals surface area contributed by atoms with E-state index in [1.165, 1.54) is 36.2 Å². The maximum absolute atomic E-state index is 4.41. The molecule has 0 radical (unpaired) electrons. The molecule has 0 saturated carbocycles. The van der Waals surface area contributed by atoms with Crippen molar-refractivity contribution in [2.75, 3.05) is 23.3 Å². The lowest BCUT2D eigenvalue weighted by molar-refractivity contribution is 0.760. The first kappa shape index (κ1) is 13.9. The van der Waals surface area contributed by atoms with Crippen LogP contribution in [0.4, 0.5) is 17.1 Å². The van der Waals surface area contributed by atoms with Gasteiger partial charge in [0.15, 0.2) is 0 Å².